The highest BCUT2D eigenvalue weighted by Crippen LogP contribution is 2.60. The van der Waals surface area contributed by atoms with Gasteiger partial charge in [0.05, 0.1) is 0 Å². The molecule has 5 rings (SSSR count). The van der Waals surface area contributed by atoms with Gasteiger partial charge in [-0.2, -0.15) is 0 Å². The summed E-state index contributed by atoms with van der Waals surface area (Å²) >= 11 is 0. The Bertz CT molecular complexity index is 671. The number of nitrogens with zero attached hydrogens (tertiary/aromatic N) is 1. The molecule has 0 aromatic heterocycles. The van der Waals surface area contributed by atoms with Gasteiger partial charge in [-0.05, 0) is 95.8 Å². The summed E-state index contributed by atoms with van der Waals surface area (Å²) in [5.41, 5.74) is -0.662. The van der Waals surface area contributed by atoms with Crippen LogP contribution in [0.15, 0.2) is 0 Å². The summed E-state index contributed by atoms with van der Waals surface area (Å²) in [6.07, 6.45) is 8.56. The average molecular weight is 434 g/mol. The zero-order chi connectivity index (χ0) is 22.2. The van der Waals surface area contributed by atoms with Crippen molar-refractivity contribution in [2.24, 2.45) is 29.1 Å². The van der Waals surface area contributed by atoms with Gasteiger partial charge in [0.15, 0.2) is 0 Å². The molecule has 0 spiro atoms. The van der Waals surface area contributed by atoms with Crippen molar-refractivity contribution in [3.63, 3.8) is 0 Å². The van der Waals surface area contributed by atoms with Gasteiger partial charge in [0.2, 0.25) is 11.8 Å². The minimum atomic E-state index is -0.577. The highest BCUT2D eigenvalue weighted by molar-refractivity contribution is 5.83. The van der Waals surface area contributed by atoms with Gasteiger partial charge >= 0.3 is 6.09 Å². The molecule has 7 nitrogen and oxygen atoms in total. The fourth-order valence-electron chi connectivity index (χ4n) is 6.77. The van der Waals surface area contributed by atoms with E-state index in [-0.39, 0.29) is 17.9 Å². The number of hydrogen-bond donors (Lipinski definition) is 2. The van der Waals surface area contributed by atoms with Crippen LogP contribution in [0.1, 0.15) is 72.1 Å². The van der Waals surface area contributed by atoms with Crippen LogP contribution in [0.5, 0.6) is 0 Å². The van der Waals surface area contributed by atoms with Crippen LogP contribution in [0, 0.1) is 29.1 Å². The summed E-state index contributed by atoms with van der Waals surface area (Å²) in [4.78, 5) is 39.1. The van der Waals surface area contributed by atoms with Crippen molar-refractivity contribution in [3.05, 3.63) is 0 Å². The molecular formula is C24H39N3O4. The lowest BCUT2D eigenvalue weighted by Gasteiger charge is -2.55. The van der Waals surface area contributed by atoms with Crippen molar-refractivity contribution < 1.29 is 19.1 Å². The third-order valence-electron chi connectivity index (χ3n) is 7.82. The van der Waals surface area contributed by atoms with Crippen LogP contribution in [-0.4, -0.2) is 54.6 Å². The van der Waals surface area contributed by atoms with E-state index in [0.717, 1.165) is 56.4 Å². The third kappa shape index (κ3) is 5.35. The maximum atomic E-state index is 13.1. The first-order valence-corrected chi connectivity index (χ1v) is 12.1. The molecule has 4 aliphatic carbocycles. The molecule has 3 amide bonds. The van der Waals surface area contributed by atoms with Gasteiger partial charge in [-0.3, -0.25) is 9.59 Å². The molecule has 4 bridgehead atoms. The Hall–Kier alpha value is -1.79. The number of alkyl carbamates (subject to hydrolysis) is 1. The Morgan fingerprint density at radius 1 is 0.935 bits per heavy atom. The fourth-order valence-corrected chi connectivity index (χ4v) is 6.77. The Balaban J connectivity index is 1.17. The van der Waals surface area contributed by atoms with E-state index in [0.29, 0.717) is 24.9 Å². The van der Waals surface area contributed by atoms with E-state index in [9.17, 15) is 14.4 Å². The monoisotopic (exact) mass is 433 g/mol. The number of likely N-dealkylation sites (tertiary alicyclic amines) is 1. The largest absolute Gasteiger partial charge is 0.444 e. The van der Waals surface area contributed by atoms with E-state index in [4.69, 9.17) is 4.74 Å². The highest BCUT2D eigenvalue weighted by Gasteiger charge is 2.54. The Kier molecular flexibility index (Phi) is 6.23. The second-order valence-corrected chi connectivity index (χ2v) is 11.6. The molecule has 4 saturated carbocycles. The Labute approximate surface area is 186 Å². The fraction of sp³-hybridized carbons (Fsp3) is 0.875. The number of amides is 3. The zero-order valence-electron chi connectivity index (χ0n) is 19.4. The maximum Gasteiger partial charge on any atom is 0.408 e. The summed E-state index contributed by atoms with van der Waals surface area (Å²) in [6, 6.07) is 0. The molecule has 174 valence electrons. The van der Waals surface area contributed by atoms with Gasteiger partial charge in [0.25, 0.3) is 0 Å². The molecule has 1 heterocycles. The Morgan fingerprint density at radius 2 is 1.48 bits per heavy atom. The number of hydrogen-bond acceptors (Lipinski definition) is 4. The van der Waals surface area contributed by atoms with Gasteiger partial charge in [0.1, 0.15) is 12.1 Å². The normalized spacial score (nSPS) is 32.6. The number of ether oxygens (including phenoxy) is 1. The lowest BCUT2D eigenvalue weighted by Crippen LogP contribution is -2.54. The molecule has 0 aromatic rings. The van der Waals surface area contributed by atoms with Crippen LogP contribution in [0.25, 0.3) is 0 Å². The van der Waals surface area contributed by atoms with Crippen molar-refractivity contribution in [1.29, 1.82) is 0 Å². The summed E-state index contributed by atoms with van der Waals surface area (Å²) in [6.45, 7) is 7.41. The van der Waals surface area contributed by atoms with Crippen LogP contribution in [0.2, 0.25) is 0 Å². The number of nitrogens with one attached hydrogen (secondary N) is 2. The molecule has 5 aliphatic rings. The predicted octanol–water partition coefficient (Wildman–Crippen LogP) is 3.08. The number of carbonyl (C=O) groups excluding carboxylic acids is 3. The minimum Gasteiger partial charge on any atom is -0.444 e. The van der Waals surface area contributed by atoms with E-state index in [1.165, 1.54) is 19.3 Å². The number of rotatable bonds is 5. The smallest absolute Gasteiger partial charge is 0.408 e. The summed E-state index contributed by atoms with van der Waals surface area (Å²) in [5.74, 6) is 2.97. The van der Waals surface area contributed by atoms with Gasteiger partial charge in [-0.15, -0.1) is 0 Å². The van der Waals surface area contributed by atoms with E-state index in [1.54, 1.807) is 25.7 Å². The van der Waals surface area contributed by atoms with E-state index in [1.807, 2.05) is 0 Å². The van der Waals surface area contributed by atoms with Crippen LogP contribution in [0.3, 0.4) is 0 Å². The molecule has 5 fully saturated rings. The standard InChI is InChI=1S/C24H39N3O4/c1-23(2,3)31-22(30)26-15-20(28)27-6-4-16(5-7-27)14-25-21(29)24-11-17-8-18(12-24)10-19(9-17)13-24/h16-19H,4-15H2,1-3H3,(H,25,29)(H,26,30). The first kappa shape index (κ1) is 22.4. The van der Waals surface area contributed by atoms with Crippen LogP contribution in [-0.2, 0) is 14.3 Å². The van der Waals surface area contributed by atoms with Gasteiger partial charge in [-0.25, -0.2) is 4.79 Å². The lowest BCUT2D eigenvalue weighted by atomic mass is 9.49. The number of piperidine rings is 1. The minimum absolute atomic E-state index is 0.0393. The van der Waals surface area contributed by atoms with Gasteiger partial charge < -0.3 is 20.3 Å². The van der Waals surface area contributed by atoms with E-state index < -0.39 is 11.7 Å². The number of carbonyl (C=O) groups is 3. The highest BCUT2D eigenvalue weighted by atomic mass is 16.6. The average Bonchev–Trinajstić information content (AvgIpc) is 2.68. The Morgan fingerprint density at radius 3 is 2.00 bits per heavy atom. The van der Waals surface area contributed by atoms with Crippen LogP contribution in [0.4, 0.5) is 4.79 Å². The second-order valence-electron chi connectivity index (χ2n) is 11.6. The molecule has 1 saturated heterocycles. The molecule has 7 heteroatoms. The van der Waals surface area contributed by atoms with E-state index in [2.05, 4.69) is 10.6 Å². The van der Waals surface area contributed by atoms with Crippen molar-refractivity contribution >= 4 is 17.9 Å². The summed E-state index contributed by atoms with van der Waals surface area (Å²) in [5, 5.41) is 5.84. The van der Waals surface area contributed by atoms with Crippen molar-refractivity contribution in [1.82, 2.24) is 15.5 Å². The van der Waals surface area contributed by atoms with Gasteiger partial charge in [-0.1, -0.05) is 0 Å². The lowest BCUT2D eigenvalue weighted by molar-refractivity contribution is -0.146. The second kappa shape index (κ2) is 8.62. The molecule has 0 radical (unpaired) electrons. The molecule has 1 aliphatic heterocycles. The first-order chi connectivity index (χ1) is 14.6. The van der Waals surface area contributed by atoms with Crippen LogP contribution < -0.4 is 10.6 Å². The molecule has 2 N–H and O–H groups in total. The predicted molar refractivity (Wildman–Crippen MR) is 117 cm³/mol. The van der Waals surface area contributed by atoms with Crippen molar-refractivity contribution in [2.45, 2.75) is 77.7 Å². The first-order valence-electron chi connectivity index (χ1n) is 12.1. The topological polar surface area (TPSA) is 87.7 Å². The van der Waals surface area contributed by atoms with Gasteiger partial charge in [0, 0.05) is 25.0 Å². The van der Waals surface area contributed by atoms with E-state index >= 15 is 0 Å². The maximum absolute atomic E-state index is 13.1. The molecule has 0 atom stereocenters. The van der Waals surface area contributed by atoms with Crippen LogP contribution >= 0.6 is 0 Å². The zero-order valence-corrected chi connectivity index (χ0v) is 19.4. The van der Waals surface area contributed by atoms with Crippen molar-refractivity contribution in [3.8, 4) is 0 Å². The molecule has 31 heavy (non-hydrogen) atoms. The summed E-state index contributed by atoms with van der Waals surface area (Å²) < 4.78 is 5.17. The molecule has 0 aromatic carbocycles. The molecular weight excluding hydrogens is 394 g/mol. The SMILES string of the molecule is CC(C)(C)OC(=O)NCC(=O)N1CCC(CNC(=O)C23CC4CC(CC(C4)C2)C3)CC1. The molecule has 0 unspecified atom stereocenters. The quantitative estimate of drug-likeness (QED) is 0.697. The summed E-state index contributed by atoms with van der Waals surface area (Å²) in [7, 11) is 0. The third-order valence-corrected chi connectivity index (χ3v) is 7.82. The van der Waals surface area contributed by atoms with Crippen molar-refractivity contribution in [2.75, 3.05) is 26.2 Å².